The molecule has 0 heterocycles. The zero-order chi connectivity index (χ0) is 31.5. The summed E-state index contributed by atoms with van der Waals surface area (Å²) in [5, 5.41) is 29.7. The minimum atomic E-state index is -0.900. The summed E-state index contributed by atoms with van der Waals surface area (Å²) < 4.78 is 0. The number of nitro benzene ring substituents is 1. The molecule has 3 amide bonds. The Morgan fingerprint density at radius 1 is 0.810 bits per heavy atom. The third kappa shape index (κ3) is 15.7. The van der Waals surface area contributed by atoms with Crippen LogP contribution >= 0.6 is 0 Å². The third-order valence-corrected chi connectivity index (χ3v) is 7.15. The van der Waals surface area contributed by atoms with Crippen LogP contribution in [0.1, 0.15) is 117 Å². The molecule has 0 aliphatic rings. The number of nitro groups is 1. The first kappa shape index (κ1) is 36.9. The predicted octanol–water partition coefficient (Wildman–Crippen LogP) is 5.94. The van der Waals surface area contributed by atoms with Gasteiger partial charge in [-0.2, -0.15) is 0 Å². The quantitative estimate of drug-likeness (QED) is 0.0745. The highest BCUT2D eigenvalue weighted by molar-refractivity contribution is 5.92. The zero-order valence-electron chi connectivity index (χ0n) is 26.4. The van der Waals surface area contributed by atoms with Gasteiger partial charge in [-0.15, -0.1) is 0 Å². The molecule has 0 radical (unpaired) electrons. The lowest BCUT2D eigenvalue weighted by atomic mass is 9.99. The van der Waals surface area contributed by atoms with Crippen molar-refractivity contribution >= 4 is 23.4 Å². The summed E-state index contributed by atoms with van der Waals surface area (Å²) in [4.78, 5) is 49.6. The molecule has 4 N–H and O–H groups in total. The second-order valence-corrected chi connectivity index (χ2v) is 12.2. The fraction of sp³-hybridized carbons (Fsp3) is 0.719. The van der Waals surface area contributed by atoms with Crippen molar-refractivity contribution in [2.24, 2.45) is 11.8 Å². The first-order chi connectivity index (χ1) is 19.9. The molecule has 10 heteroatoms. The second kappa shape index (κ2) is 20.7. The van der Waals surface area contributed by atoms with Crippen molar-refractivity contribution in [2.45, 2.75) is 130 Å². The standard InChI is InChI=1S/C32H54N4O6/c1-6-7-8-9-10-11-12-13-14-15-18-33-31(39)27(19-23(2)3)35-32(40)28(20-24(4)5)34-30(38)22-25-21-26(36(41)42)16-17-29(25)37/h16-17,21,23-24,27-28,37H,6-15,18-20,22H2,1-5H3,(H,33,39)(H,34,38)(H,35,40)/t27-,28-/m0/s1. The molecule has 0 bridgehead atoms. The van der Waals surface area contributed by atoms with Crippen molar-refractivity contribution in [3.63, 3.8) is 0 Å². The Bertz CT molecular complexity index is 982. The van der Waals surface area contributed by atoms with Crippen LogP contribution < -0.4 is 16.0 Å². The number of benzene rings is 1. The number of nitrogens with zero attached hydrogens (tertiary/aromatic N) is 1. The van der Waals surface area contributed by atoms with Crippen molar-refractivity contribution in [3.8, 4) is 5.75 Å². The number of amides is 3. The number of rotatable bonds is 22. The summed E-state index contributed by atoms with van der Waals surface area (Å²) in [5.41, 5.74) is -0.151. The molecule has 0 aliphatic carbocycles. The minimum Gasteiger partial charge on any atom is -0.508 e. The third-order valence-electron chi connectivity index (χ3n) is 7.15. The van der Waals surface area contributed by atoms with Crippen LogP contribution in [0.25, 0.3) is 0 Å². The maximum atomic E-state index is 13.3. The van der Waals surface area contributed by atoms with Crippen LogP contribution in [0.3, 0.4) is 0 Å². The molecule has 1 aromatic rings. The summed E-state index contributed by atoms with van der Waals surface area (Å²) in [5.74, 6) is -1.26. The summed E-state index contributed by atoms with van der Waals surface area (Å²) in [6.45, 7) is 10.6. The number of carbonyl (C=O) groups is 3. The van der Waals surface area contributed by atoms with E-state index in [-0.39, 0.29) is 41.2 Å². The van der Waals surface area contributed by atoms with Crippen LogP contribution in [-0.2, 0) is 20.8 Å². The number of phenolic OH excluding ortho intramolecular Hbond substituents is 1. The maximum Gasteiger partial charge on any atom is 0.269 e. The van der Waals surface area contributed by atoms with Crippen LogP contribution in [0.2, 0.25) is 0 Å². The van der Waals surface area contributed by atoms with Gasteiger partial charge in [-0.3, -0.25) is 24.5 Å². The van der Waals surface area contributed by atoms with Gasteiger partial charge >= 0.3 is 0 Å². The number of carbonyl (C=O) groups excluding carboxylic acids is 3. The van der Waals surface area contributed by atoms with Gasteiger partial charge in [0.1, 0.15) is 17.8 Å². The molecule has 1 rings (SSSR count). The predicted molar refractivity (Wildman–Crippen MR) is 166 cm³/mol. The molecule has 0 spiro atoms. The number of hydrogen-bond donors (Lipinski definition) is 4. The van der Waals surface area contributed by atoms with Crippen molar-refractivity contribution in [3.05, 3.63) is 33.9 Å². The number of aromatic hydroxyl groups is 1. The van der Waals surface area contributed by atoms with E-state index >= 15 is 0 Å². The SMILES string of the molecule is CCCCCCCCCCCCNC(=O)[C@H](CC(C)C)NC(=O)[C@H](CC(C)C)NC(=O)Cc1cc([N+](=O)[O-])ccc1O. The van der Waals surface area contributed by atoms with E-state index in [2.05, 4.69) is 22.9 Å². The number of non-ortho nitro benzene ring substituents is 1. The number of phenols is 1. The van der Waals surface area contributed by atoms with Gasteiger partial charge in [0.05, 0.1) is 11.3 Å². The first-order valence-electron chi connectivity index (χ1n) is 15.8. The van der Waals surface area contributed by atoms with Crippen LogP contribution in [0.5, 0.6) is 5.75 Å². The fourth-order valence-electron chi connectivity index (χ4n) is 4.87. The largest absolute Gasteiger partial charge is 0.508 e. The van der Waals surface area contributed by atoms with Crippen molar-refractivity contribution < 1.29 is 24.4 Å². The highest BCUT2D eigenvalue weighted by Gasteiger charge is 2.28. The van der Waals surface area contributed by atoms with E-state index in [0.29, 0.717) is 19.4 Å². The van der Waals surface area contributed by atoms with E-state index in [1.807, 2.05) is 27.7 Å². The van der Waals surface area contributed by atoms with E-state index in [0.717, 1.165) is 31.4 Å². The summed E-state index contributed by atoms with van der Waals surface area (Å²) in [6, 6.07) is 1.84. The van der Waals surface area contributed by atoms with Crippen molar-refractivity contribution in [1.82, 2.24) is 16.0 Å². The molecule has 0 fully saturated rings. The fourth-order valence-corrected chi connectivity index (χ4v) is 4.87. The van der Waals surface area contributed by atoms with Gasteiger partial charge < -0.3 is 21.1 Å². The summed E-state index contributed by atoms with van der Waals surface area (Å²) >= 11 is 0. The molecule has 0 aliphatic heterocycles. The lowest BCUT2D eigenvalue weighted by molar-refractivity contribution is -0.384. The molecule has 0 saturated heterocycles. The first-order valence-corrected chi connectivity index (χ1v) is 15.8. The van der Waals surface area contributed by atoms with Crippen LogP contribution in [0, 0.1) is 22.0 Å². The number of hydrogen-bond acceptors (Lipinski definition) is 6. The monoisotopic (exact) mass is 590 g/mol. The Morgan fingerprint density at radius 2 is 1.33 bits per heavy atom. The van der Waals surface area contributed by atoms with E-state index in [1.165, 1.54) is 51.0 Å². The summed E-state index contributed by atoms with van der Waals surface area (Å²) in [7, 11) is 0. The molecule has 1 aromatic carbocycles. The number of nitrogens with one attached hydrogen (secondary N) is 3. The zero-order valence-corrected chi connectivity index (χ0v) is 26.4. The maximum absolute atomic E-state index is 13.3. The van der Waals surface area contributed by atoms with Gasteiger partial charge in [0, 0.05) is 24.2 Å². The van der Waals surface area contributed by atoms with Gasteiger partial charge in [-0.25, -0.2) is 0 Å². The van der Waals surface area contributed by atoms with Gasteiger partial charge in [0.25, 0.3) is 5.69 Å². The summed E-state index contributed by atoms with van der Waals surface area (Å²) in [6.07, 6.45) is 12.6. The highest BCUT2D eigenvalue weighted by atomic mass is 16.6. The smallest absolute Gasteiger partial charge is 0.269 e. The topological polar surface area (TPSA) is 151 Å². The van der Waals surface area contributed by atoms with Crippen LogP contribution in [0.4, 0.5) is 5.69 Å². The lowest BCUT2D eigenvalue weighted by Gasteiger charge is -2.25. The molecule has 10 nitrogen and oxygen atoms in total. The number of unbranched alkanes of at least 4 members (excludes halogenated alkanes) is 9. The Morgan fingerprint density at radius 3 is 1.86 bits per heavy atom. The average molecular weight is 591 g/mol. The van der Waals surface area contributed by atoms with Gasteiger partial charge in [-0.1, -0.05) is 92.4 Å². The second-order valence-electron chi connectivity index (χ2n) is 12.2. The normalized spacial score (nSPS) is 12.6. The molecule has 238 valence electrons. The Hall–Kier alpha value is -3.17. The molecule has 0 aromatic heterocycles. The van der Waals surface area contributed by atoms with Gasteiger partial charge in [0.2, 0.25) is 17.7 Å². The minimum absolute atomic E-state index is 0.0704. The molecular weight excluding hydrogens is 536 g/mol. The molecule has 0 unspecified atom stereocenters. The highest BCUT2D eigenvalue weighted by Crippen LogP contribution is 2.23. The molecular formula is C32H54N4O6. The van der Waals surface area contributed by atoms with Gasteiger partial charge in [0.15, 0.2) is 0 Å². The van der Waals surface area contributed by atoms with Gasteiger partial charge in [-0.05, 0) is 37.2 Å². The average Bonchev–Trinajstić information content (AvgIpc) is 2.91. The molecule has 0 saturated carbocycles. The van der Waals surface area contributed by atoms with E-state index in [1.54, 1.807) is 0 Å². The van der Waals surface area contributed by atoms with Crippen LogP contribution in [-0.4, -0.2) is 46.4 Å². The Kier molecular flexibility index (Phi) is 18.1. The Balaban J connectivity index is 2.66. The van der Waals surface area contributed by atoms with E-state index in [9.17, 15) is 29.6 Å². The molecule has 42 heavy (non-hydrogen) atoms. The van der Waals surface area contributed by atoms with E-state index < -0.39 is 28.8 Å². The van der Waals surface area contributed by atoms with Crippen molar-refractivity contribution in [2.75, 3.05) is 6.54 Å². The Labute approximate surface area is 252 Å². The lowest BCUT2D eigenvalue weighted by Crippen LogP contribution is -2.54. The van der Waals surface area contributed by atoms with E-state index in [4.69, 9.17) is 0 Å². The van der Waals surface area contributed by atoms with Crippen molar-refractivity contribution in [1.29, 1.82) is 0 Å². The molecule has 2 atom stereocenters. The van der Waals surface area contributed by atoms with Crippen LogP contribution in [0.15, 0.2) is 18.2 Å².